The number of aromatic nitrogens is 2. The molecular weight excluding hydrogens is 350 g/mol. The van der Waals surface area contributed by atoms with Gasteiger partial charge >= 0.3 is 0 Å². The van der Waals surface area contributed by atoms with E-state index in [1.54, 1.807) is 6.33 Å². The smallest absolute Gasteiger partial charge is 0.224 e. The fourth-order valence-electron chi connectivity index (χ4n) is 3.74. The number of nitrogens with zero attached hydrogens (tertiary/aromatic N) is 3. The Bertz CT molecular complexity index is 807. The molecule has 1 aliphatic heterocycles. The van der Waals surface area contributed by atoms with Gasteiger partial charge in [0.15, 0.2) is 0 Å². The lowest BCUT2D eigenvalue weighted by atomic mass is 9.93. The predicted molar refractivity (Wildman–Crippen MR) is 115 cm³/mol. The van der Waals surface area contributed by atoms with Crippen LogP contribution in [0, 0.1) is 19.8 Å². The van der Waals surface area contributed by atoms with Crippen molar-refractivity contribution in [2.24, 2.45) is 5.92 Å². The first kappa shape index (κ1) is 20.1. The Morgan fingerprint density at radius 1 is 1.29 bits per heavy atom. The van der Waals surface area contributed by atoms with Crippen molar-refractivity contribution in [2.75, 3.05) is 35.2 Å². The van der Waals surface area contributed by atoms with Gasteiger partial charge in [0.05, 0.1) is 0 Å². The van der Waals surface area contributed by atoms with Gasteiger partial charge in [0.2, 0.25) is 5.91 Å². The number of amides is 1. The molecule has 1 unspecified atom stereocenters. The highest BCUT2D eigenvalue weighted by atomic mass is 16.1. The van der Waals surface area contributed by atoms with E-state index in [1.807, 2.05) is 25.1 Å². The monoisotopic (exact) mass is 381 g/mol. The summed E-state index contributed by atoms with van der Waals surface area (Å²) in [6.45, 7) is 8.97. The van der Waals surface area contributed by atoms with Crippen molar-refractivity contribution in [3.63, 3.8) is 0 Å². The van der Waals surface area contributed by atoms with Gasteiger partial charge in [0.1, 0.15) is 18.0 Å². The maximum atomic E-state index is 12.4. The largest absolute Gasteiger partial charge is 0.370 e. The summed E-state index contributed by atoms with van der Waals surface area (Å²) in [4.78, 5) is 23.4. The minimum absolute atomic E-state index is 0.0993. The molecule has 6 nitrogen and oxygen atoms in total. The summed E-state index contributed by atoms with van der Waals surface area (Å²) in [7, 11) is 0. The molecule has 0 bridgehead atoms. The van der Waals surface area contributed by atoms with Crippen LogP contribution in [0.15, 0.2) is 30.6 Å². The van der Waals surface area contributed by atoms with Crippen molar-refractivity contribution in [3.05, 3.63) is 41.7 Å². The predicted octanol–water partition coefficient (Wildman–Crippen LogP) is 4.16. The fraction of sp³-hybridized carbons (Fsp3) is 0.500. The second-order valence-corrected chi connectivity index (χ2v) is 7.58. The highest BCUT2D eigenvalue weighted by molar-refractivity contribution is 5.91. The number of hydrogen-bond donors (Lipinski definition) is 2. The molecule has 1 saturated heterocycles. The van der Waals surface area contributed by atoms with Crippen LogP contribution in [-0.4, -0.2) is 35.5 Å². The van der Waals surface area contributed by atoms with Gasteiger partial charge in [-0.05, 0) is 63.1 Å². The van der Waals surface area contributed by atoms with E-state index in [4.69, 9.17) is 0 Å². The van der Waals surface area contributed by atoms with E-state index in [1.165, 1.54) is 12.0 Å². The van der Waals surface area contributed by atoms with Gasteiger partial charge in [0.25, 0.3) is 0 Å². The van der Waals surface area contributed by atoms with Crippen molar-refractivity contribution in [1.82, 2.24) is 9.97 Å². The molecule has 6 heteroatoms. The summed E-state index contributed by atoms with van der Waals surface area (Å²) in [5.41, 5.74) is 3.26. The van der Waals surface area contributed by atoms with E-state index in [2.05, 4.69) is 45.4 Å². The normalized spacial score (nSPS) is 16.7. The highest BCUT2D eigenvalue weighted by Gasteiger charge is 2.22. The molecular formula is C22H31N5O. The van der Waals surface area contributed by atoms with Gasteiger partial charge in [-0.25, -0.2) is 9.97 Å². The second kappa shape index (κ2) is 9.53. The third kappa shape index (κ3) is 5.21. The summed E-state index contributed by atoms with van der Waals surface area (Å²) in [5.74, 6) is 2.44. The molecule has 3 rings (SSSR count). The third-order valence-corrected chi connectivity index (χ3v) is 5.51. The van der Waals surface area contributed by atoms with Crippen LogP contribution in [0.3, 0.4) is 0 Å². The van der Waals surface area contributed by atoms with E-state index in [9.17, 15) is 4.79 Å². The SMILES string of the molecule is CCNc1cc(N2CCCC(CCC(=O)Nc3cccc(C)c3C)C2)ncn1. The van der Waals surface area contributed by atoms with Gasteiger partial charge in [-0.2, -0.15) is 0 Å². The van der Waals surface area contributed by atoms with Gasteiger partial charge in [-0.3, -0.25) is 4.79 Å². The van der Waals surface area contributed by atoms with Gasteiger partial charge in [-0.15, -0.1) is 0 Å². The second-order valence-electron chi connectivity index (χ2n) is 7.58. The van der Waals surface area contributed by atoms with Gasteiger partial charge in [-0.1, -0.05) is 12.1 Å². The van der Waals surface area contributed by atoms with Crippen LogP contribution in [0.2, 0.25) is 0 Å². The van der Waals surface area contributed by atoms with Crippen LogP contribution >= 0.6 is 0 Å². The first-order chi connectivity index (χ1) is 13.6. The number of hydrogen-bond acceptors (Lipinski definition) is 5. The molecule has 1 aromatic heterocycles. The Kier molecular flexibility index (Phi) is 6.85. The lowest BCUT2D eigenvalue weighted by Crippen LogP contribution is -2.36. The van der Waals surface area contributed by atoms with Crippen LogP contribution in [0.4, 0.5) is 17.3 Å². The van der Waals surface area contributed by atoms with Gasteiger partial charge < -0.3 is 15.5 Å². The number of anilines is 3. The first-order valence-corrected chi connectivity index (χ1v) is 10.2. The standard InChI is InChI=1S/C22H31N5O/c1-4-23-20-13-21(25-15-24-20)27-12-6-8-18(14-27)10-11-22(28)26-19-9-5-7-16(2)17(19)3/h5,7,9,13,15,18H,4,6,8,10-12,14H2,1-3H3,(H,26,28)(H,23,24,25). The molecule has 0 saturated carbocycles. The molecule has 28 heavy (non-hydrogen) atoms. The van der Waals surface area contributed by atoms with E-state index >= 15 is 0 Å². The molecule has 1 atom stereocenters. The lowest BCUT2D eigenvalue weighted by molar-refractivity contribution is -0.116. The van der Waals surface area contributed by atoms with E-state index in [0.717, 1.165) is 55.4 Å². The van der Waals surface area contributed by atoms with Crippen LogP contribution < -0.4 is 15.5 Å². The molecule has 2 aromatic rings. The lowest BCUT2D eigenvalue weighted by Gasteiger charge is -2.33. The number of piperidine rings is 1. The van der Waals surface area contributed by atoms with E-state index < -0.39 is 0 Å². The van der Waals surface area contributed by atoms with Crippen molar-refractivity contribution < 1.29 is 4.79 Å². The molecule has 0 aliphatic carbocycles. The Labute approximate surface area is 167 Å². The Balaban J connectivity index is 1.53. The molecule has 2 N–H and O–H groups in total. The zero-order chi connectivity index (χ0) is 19.9. The third-order valence-electron chi connectivity index (χ3n) is 5.51. The van der Waals surface area contributed by atoms with Crippen LogP contribution in [0.1, 0.15) is 43.7 Å². The maximum Gasteiger partial charge on any atom is 0.224 e. The van der Waals surface area contributed by atoms with E-state index in [-0.39, 0.29) is 5.91 Å². The molecule has 1 aliphatic rings. The fourth-order valence-corrected chi connectivity index (χ4v) is 3.74. The minimum atomic E-state index is 0.0993. The number of benzene rings is 1. The number of carbonyl (C=O) groups excluding carboxylic acids is 1. The van der Waals surface area contributed by atoms with Crippen molar-refractivity contribution >= 4 is 23.2 Å². The Morgan fingerprint density at radius 3 is 2.96 bits per heavy atom. The molecule has 2 heterocycles. The Hall–Kier alpha value is -2.63. The van der Waals surface area contributed by atoms with Crippen molar-refractivity contribution in [3.8, 4) is 0 Å². The molecule has 0 spiro atoms. The molecule has 1 fully saturated rings. The number of aryl methyl sites for hydroxylation is 1. The van der Waals surface area contributed by atoms with Crippen LogP contribution in [0.25, 0.3) is 0 Å². The highest BCUT2D eigenvalue weighted by Crippen LogP contribution is 2.26. The maximum absolute atomic E-state index is 12.4. The summed E-state index contributed by atoms with van der Waals surface area (Å²) in [6, 6.07) is 8.04. The zero-order valence-corrected chi connectivity index (χ0v) is 17.2. The molecule has 1 aromatic carbocycles. The topological polar surface area (TPSA) is 70.2 Å². The average Bonchev–Trinajstić information content (AvgIpc) is 2.71. The minimum Gasteiger partial charge on any atom is -0.370 e. The zero-order valence-electron chi connectivity index (χ0n) is 17.2. The first-order valence-electron chi connectivity index (χ1n) is 10.2. The summed E-state index contributed by atoms with van der Waals surface area (Å²) in [6.07, 6.45) is 5.37. The number of carbonyl (C=O) groups is 1. The molecule has 1 amide bonds. The van der Waals surface area contributed by atoms with Gasteiger partial charge in [0, 0.05) is 37.8 Å². The van der Waals surface area contributed by atoms with Crippen LogP contribution in [-0.2, 0) is 4.79 Å². The quantitative estimate of drug-likeness (QED) is 0.754. The molecule has 0 radical (unpaired) electrons. The van der Waals surface area contributed by atoms with E-state index in [0.29, 0.717) is 12.3 Å². The average molecular weight is 382 g/mol. The van der Waals surface area contributed by atoms with Crippen molar-refractivity contribution in [1.29, 1.82) is 0 Å². The number of rotatable bonds is 7. The molecule has 150 valence electrons. The summed E-state index contributed by atoms with van der Waals surface area (Å²) >= 11 is 0. The van der Waals surface area contributed by atoms with Crippen LogP contribution in [0.5, 0.6) is 0 Å². The Morgan fingerprint density at radius 2 is 2.14 bits per heavy atom. The van der Waals surface area contributed by atoms with Crippen molar-refractivity contribution in [2.45, 2.75) is 46.5 Å². The summed E-state index contributed by atoms with van der Waals surface area (Å²) in [5, 5.41) is 6.31. The summed E-state index contributed by atoms with van der Waals surface area (Å²) < 4.78 is 0. The number of nitrogens with one attached hydrogen (secondary N) is 2.